The molecular formula is C8H8Br2O. The van der Waals surface area contributed by atoms with E-state index in [2.05, 4.69) is 31.9 Å². The molecule has 0 fully saturated rings. The first-order chi connectivity index (χ1) is 5.16. The van der Waals surface area contributed by atoms with Gasteiger partial charge in [0.1, 0.15) is 5.75 Å². The van der Waals surface area contributed by atoms with Gasteiger partial charge in [0.15, 0.2) is 0 Å². The van der Waals surface area contributed by atoms with E-state index in [1.165, 1.54) is 0 Å². The van der Waals surface area contributed by atoms with Gasteiger partial charge in [0.25, 0.3) is 0 Å². The van der Waals surface area contributed by atoms with Gasteiger partial charge in [-0.3, -0.25) is 0 Å². The summed E-state index contributed by atoms with van der Waals surface area (Å²) < 4.78 is 7.23. The van der Waals surface area contributed by atoms with E-state index < -0.39 is 0 Å². The van der Waals surface area contributed by atoms with Crippen LogP contribution in [0, 0.1) is 6.92 Å². The lowest BCUT2D eigenvalue weighted by molar-refractivity contribution is 0.411. The SMILES string of the molecule is COc1ccc(Br)c(Br)c1C. The third-order valence-electron chi connectivity index (χ3n) is 1.51. The molecule has 0 unspecified atom stereocenters. The molecule has 0 N–H and O–H groups in total. The summed E-state index contributed by atoms with van der Waals surface area (Å²) >= 11 is 6.85. The predicted molar refractivity (Wildman–Crippen MR) is 53.1 cm³/mol. The molecule has 1 nitrogen and oxygen atoms in total. The lowest BCUT2D eigenvalue weighted by Crippen LogP contribution is -1.87. The highest BCUT2D eigenvalue weighted by molar-refractivity contribution is 9.13. The lowest BCUT2D eigenvalue weighted by atomic mass is 10.2. The Labute approximate surface area is 83.0 Å². The fourth-order valence-electron chi connectivity index (χ4n) is 0.855. The quantitative estimate of drug-likeness (QED) is 0.764. The average molecular weight is 280 g/mol. The molecule has 0 heterocycles. The van der Waals surface area contributed by atoms with Crippen molar-refractivity contribution in [2.75, 3.05) is 7.11 Å². The van der Waals surface area contributed by atoms with Crippen LogP contribution in [0.4, 0.5) is 0 Å². The zero-order valence-electron chi connectivity index (χ0n) is 6.32. The molecule has 0 aliphatic heterocycles. The van der Waals surface area contributed by atoms with Gasteiger partial charge in [-0.05, 0) is 50.9 Å². The summed E-state index contributed by atoms with van der Waals surface area (Å²) in [4.78, 5) is 0. The Bertz CT molecular complexity index is 271. The molecule has 1 rings (SSSR count). The zero-order valence-corrected chi connectivity index (χ0v) is 9.49. The van der Waals surface area contributed by atoms with E-state index in [1.807, 2.05) is 19.1 Å². The van der Waals surface area contributed by atoms with Crippen molar-refractivity contribution in [1.82, 2.24) is 0 Å². The molecule has 1 aromatic rings. The van der Waals surface area contributed by atoms with Crippen LogP contribution in [-0.4, -0.2) is 7.11 Å². The van der Waals surface area contributed by atoms with E-state index in [0.29, 0.717) is 0 Å². The summed E-state index contributed by atoms with van der Waals surface area (Å²) in [7, 11) is 1.67. The van der Waals surface area contributed by atoms with Gasteiger partial charge in [-0.15, -0.1) is 0 Å². The monoisotopic (exact) mass is 278 g/mol. The number of hydrogen-bond donors (Lipinski definition) is 0. The van der Waals surface area contributed by atoms with E-state index in [9.17, 15) is 0 Å². The maximum Gasteiger partial charge on any atom is 0.122 e. The number of ether oxygens (including phenoxy) is 1. The van der Waals surface area contributed by atoms with Crippen molar-refractivity contribution >= 4 is 31.9 Å². The van der Waals surface area contributed by atoms with Crippen LogP contribution < -0.4 is 4.74 Å². The molecule has 0 bridgehead atoms. The summed E-state index contributed by atoms with van der Waals surface area (Å²) in [5, 5.41) is 0. The molecule has 0 amide bonds. The van der Waals surface area contributed by atoms with Gasteiger partial charge in [0.05, 0.1) is 7.11 Å². The molecular weight excluding hydrogens is 272 g/mol. The van der Waals surface area contributed by atoms with Crippen LogP contribution in [0.15, 0.2) is 21.1 Å². The van der Waals surface area contributed by atoms with Crippen molar-refractivity contribution in [2.24, 2.45) is 0 Å². The number of hydrogen-bond acceptors (Lipinski definition) is 1. The maximum atomic E-state index is 5.13. The Morgan fingerprint density at radius 2 is 1.91 bits per heavy atom. The Morgan fingerprint density at radius 1 is 1.27 bits per heavy atom. The Morgan fingerprint density at radius 3 is 2.45 bits per heavy atom. The maximum absolute atomic E-state index is 5.13. The normalized spacial score (nSPS) is 9.82. The summed E-state index contributed by atoms with van der Waals surface area (Å²) in [6, 6.07) is 3.89. The van der Waals surface area contributed by atoms with Gasteiger partial charge >= 0.3 is 0 Å². The average Bonchev–Trinajstić information content (AvgIpc) is 2.01. The molecule has 0 saturated heterocycles. The van der Waals surface area contributed by atoms with Crippen molar-refractivity contribution in [1.29, 1.82) is 0 Å². The van der Waals surface area contributed by atoms with Crippen molar-refractivity contribution in [3.8, 4) is 5.75 Å². The van der Waals surface area contributed by atoms with Crippen LogP contribution >= 0.6 is 31.9 Å². The largest absolute Gasteiger partial charge is 0.496 e. The van der Waals surface area contributed by atoms with Crippen molar-refractivity contribution in [3.05, 3.63) is 26.6 Å². The van der Waals surface area contributed by atoms with Crippen molar-refractivity contribution in [2.45, 2.75) is 6.92 Å². The first-order valence-electron chi connectivity index (χ1n) is 3.15. The van der Waals surface area contributed by atoms with Crippen LogP contribution in [0.1, 0.15) is 5.56 Å². The number of benzene rings is 1. The van der Waals surface area contributed by atoms with Gasteiger partial charge < -0.3 is 4.74 Å². The van der Waals surface area contributed by atoms with Gasteiger partial charge in [-0.2, -0.15) is 0 Å². The molecule has 0 aliphatic carbocycles. The minimum atomic E-state index is 0.903. The third kappa shape index (κ3) is 1.76. The molecule has 1 aromatic carbocycles. The lowest BCUT2D eigenvalue weighted by Gasteiger charge is -2.06. The van der Waals surface area contributed by atoms with Crippen molar-refractivity contribution in [3.63, 3.8) is 0 Å². The second-order valence-corrected chi connectivity index (χ2v) is 3.84. The highest BCUT2D eigenvalue weighted by Gasteiger charge is 2.04. The third-order valence-corrected chi connectivity index (χ3v) is 3.72. The smallest absolute Gasteiger partial charge is 0.122 e. The molecule has 3 heteroatoms. The number of halogens is 2. The van der Waals surface area contributed by atoms with E-state index in [4.69, 9.17) is 4.74 Å². The van der Waals surface area contributed by atoms with E-state index in [0.717, 1.165) is 20.3 Å². The summed E-state index contributed by atoms with van der Waals surface area (Å²) in [5.41, 5.74) is 1.11. The van der Waals surface area contributed by atoms with Crippen LogP contribution in [-0.2, 0) is 0 Å². The Hall–Kier alpha value is -0.0200. The van der Waals surface area contributed by atoms with E-state index in [-0.39, 0.29) is 0 Å². The molecule has 0 radical (unpaired) electrons. The summed E-state index contributed by atoms with van der Waals surface area (Å²) in [5.74, 6) is 0.903. The summed E-state index contributed by atoms with van der Waals surface area (Å²) in [6.07, 6.45) is 0. The van der Waals surface area contributed by atoms with Gasteiger partial charge in [0.2, 0.25) is 0 Å². The van der Waals surface area contributed by atoms with Gasteiger partial charge in [-0.1, -0.05) is 0 Å². The minimum absolute atomic E-state index is 0.903. The molecule has 11 heavy (non-hydrogen) atoms. The van der Waals surface area contributed by atoms with E-state index in [1.54, 1.807) is 7.11 Å². The first kappa shape index (κ1) is 9.07. The molecule has 0 atom stereocenters. The first-order valence-corrected chi connectivity index (χ1v) is 4.74. The van der Waals surface area contributed by atoms with E-state index >= 15 is 0 Å². The predicted octanol–water partition coefficient (Wildman–Crippen LogP) is 3.53. The Kier molecular flexibility index (Phi) is 2.96. The Balaban J connectivity index is 3.25. The van der Waals surface area contributed by atoms with Gasteiger partial charge in [0, 0.05) is 14.5 Å². The second kappa shape index (κ2) is 3.59. The second-order valence-electron chi connectivity index (χ2n) is 2.19. The fraction of sp³-hybridized carbons (Fsp3) is 0.250. The zero-order chi connectivity index (χ0) is 8.43. The molecule has 0 spiro atoms. The number of methoxy groups -OCH3 is 1. The van der Waals surface area contributed by atoms with Crippen LogP contribution in [0.5, 0.6) is 5.75 Å². The highest BCUT2D eigenvalue weighted by atomic mass is 79.9. The molecule has 0 aromatic heterocycles. The standard InChI is InChI=1S/C8H8Br2O/c1-5-7(11-2)4-3-6(9)8(5)10/h3-4H,1-2H3. The summed E-state index contributed by atoms with van der Waals surface area (Å²) in [6.45, 7) is 2.01. The fourth-order valence-corrected chi connectivity index (χ4v) is 1.61. The molecule has 0 saturated carbocycles. The van der Waals surface area contributed by atoms with Crippen molar-refractivity contribution < 1.29 is 4.74 Å². The van der Waals surface area contributed by atoms with Crippen LogP contribution in [0.25, 0.3) is 0 Å². The molecule has 0 aliphatic rings. The minimum Gasteiger partial charge on any atom is -0.496 e. The van der Waals surface area contributed by atoms with Crippen LogP contribution in [0.3, 0.4) is 0 Å². The van der Waals surface area contributed by atoms with Crippen LogP contribution in [0.2, 0.25) is 0 Å². The van der Waals surface area contributed by atoms with Gasteiger partial charge in [-0.25, -0.2) is 0 Å². The topological polar surface area (TPSA) is 9.23 Å². The molecule has 60 valence electrons. The number of rotatable bonds is 1. The highest BCUT2D eigenvalue weighted by Crippen LogP contribution is 2.32.